The second-order valence-electron chi connectivity index (χ2n) is 2.42. The lowest BCUT2D eigenvalue weighted by Crippen LogP contribution is -2.28. The first-order valence-corrected chi connectivity index (χ1v) is 4.57. The van der Waals surface area contributed by atoms with Crippen LogP contribution in [0.15, 0.2) is 0 Å². The summed E-state index contributed by atoms with van der Waals surface area (Å²) in [6.07, 6.45) is 0.708. The number of hydrogen-bond acceptors (Lipinski definition) is 2. The molecule has 1 unspecified atom stereocenters. The molecule has 0 aromatic carbocycles. The number of aliphatic hydroxyl groups excluding tert-OH is 1. The van der Waals surface area contributed by atoms with E-state index in [9.17, 15) is 0 Å². The van der Waals surface area contributed by atoms with Crippen molar-refractivity contribution < 1.29 is 5.11 Å². The highest BCUT2D eigenvalue weighted by Gasteiger charge is 2.01. The van der Waals surface area contributed by atoms with E-state index in [4.69, 9.17) is 5.11 Å². The average Bonchev–Trinajstić information content (AvgIpc) is 2.07. The van der Waals surface area contributed by atoms with E-state index in [0.717, 1.165) is 19.5 Å². The molecule has 0 aliphatic rings. The maximum atomic E-state index is 9.12. The molecule has 0 rings (SSSR count). The van der Waals surface area contributed by atoms with Crippen LogP contribution in [-0.4, -0.2) is 36.2 Å². The van der Waals surface area contributed by atoms with Gasteiger partial charge in [0, 0.05) is 6.54 Å². The van der Waals surface area contributed by atoms with Crippen LogP contribution in [0.1, 0.15) is 34.1 Å². The summed E-state index contributed by atoms with van der Waals surface area (Å²) in [4.78, 5) is 2.11. The van der Waals surface area contributed by atoms with Gasteiger partial charge in [-0.2, -0.15) is 0 Å². The van der Waals surface area contributed by atoms with Crippen LogP contribution < -0.4 is 0 Å². The summed E-state index contributed by atoms with van der Waals surface area (Å²) in [5.41, 5.74) is 0. The lowest BCUT2D eigenvalue weighted by atomic mass is 10.3. The average molecular weight is 161 g/mol. The summed E-state index contributed by atoms with van der Waals surface area (Å²) in [5, 5.41) is 9.12. The van der Waals surface area contributed by atoms with E-state index in [0.29, 0.717) is 0 Å². The lowest BCUT2D eigenvalue weighted by molar-refractivity contribution is 0.125. The van der Waals surface area contributed by atoms with Gasteiger partial charge in [-0.1, -0.05) is 27.7 Å². The van der Waals surface area contributed by atoms with Crippen molar-refractivity contribution >= 4 is 0 Å². The second kappa shape index (κ2) is 9.92. The van der Waals surface area contributed by atoms with Crippen LogP contribution in [0.25, 0.3) is 0 Å². The maximum absolute atomic E-state index is 9.12. The monoisotopic (exact) mass is 161 g/mol. The van der Waals surface area contributed by atoms with Crippen molar-refractivity contribution in [3.05, 3.63) is 0 Å². The molecule has 0 spiro atoms. The number of rotatable bonds is 4. The van der Waals surface area contributed by atoms with Crippen molar-refractivity contribution in [3.63, 3.8) is 0 Å². The van der Waals surface area contributed by atoms with Crippen LogP contribution in [0.4, 0.5) is 0 Å². The summed E-state index contributed by atoms with van der Waals surface area (Å²) < 4.78 is 0. The van der Waals surface area contributed by atoms with E-state index in [1.165, 1.54) is 0 Å². The standard InChI is InChI=1S/C7H17NO.C2H6/c1-4-7(9)6-8(3)5-2;1-2/h7,9H,4-6H2,1-3H3;1-2H3. The fraction of sp³-hybridized carbons (Fsp3) is 1.00. The third kappa shape index (κ3) is 9.92. The predicted molar refractivity (Wildman–Crippen MR) is 50.8 cm³/mol. The van der Waals surface area contributed by atoms with Crippen LogP contribution in [0, 0.1) is 0 Å². The molecule has 1 atom stereocenters. The van der Waals surface area contributed by atoms with Crippen molar-refractivity contribution in [1.29, 1.82) is 0 Å². The molecule has 2 nitrogen and oxygen atoms in total. The summed E-state index contributed by atoms with van der Waals surface area (Å²) >= 11 is 0. The SMILES string of the molecule is CC.CCC(O)CN(C)CC. The van der Waals surface area contributed by atoms with E-state index >= 15 is 0 Å². The number of hydrogen-bond donors (Lipinski definition) is 1. The van der Waals surface area contributed by atoms with E-state index in [1.54, 1.807) is 0 Å². The number of likely N-dealkylation sites (N-methyl/N-ethyl adjacent to an activating group) is 1. The Labute approximate surface area is 71.2 Å². The normalized spacial score (nSPS) is 12.3. The molecule has 1 N–H and O–H groups in total. The number of aliphatic hydroxyl groups is 1. The van der Waals surface area contributed by atoms with Gasteiger partial charge in [-0.3, -0.25) is 0 Å². The molecule has 0 aliphatic carbocycles. The number of nitrogens with zero attached hydrogens (tertiary/aromatic N) is 1. The highest BCUT2D eigenvalue weighted by molar-refractivity contribution is 4.56. The van der Waals surface area contributed by atoms with Crippen molar-refractivity contribution in [2.45, 2.75) is 40.2 Å². The second-order valence-corrected chi connectivity index (χ2v) is 2.42. The molecule has 0 fully saturated rings. The Morgan fingerprint density at radius 3 is 2.00 bits per heavy atom. The van der Waals surface area contributed by atoms with Crippen LogP contribution >= 0.6 is 0 Å². The van der Waals surface area contributed by atoms with Gasteiger partial charge in [-0.05, 0) is 20.0 Å². The molecule has 0 bridgehead atoms. The third-order valence-corrected chi connectivity index (χ3v) is 1.53. The van der Waals surface area contributed by atoms with Gasteiger partial charge in [0.25, 0.3) is 0 Å². The Bertz CT molecular complexity index is 58.6. The summed E-state index contributed by atoms with van der Waals surface area (Å²) in [6.45, 7) is 9.89. The first-order chi connectivity index (χ1) is 5.20. The van der Waals surface area contributed by atoms with Gasteiger partial charge in [0.1, 0.15) is 0 Å². The van der Waals surface area contributed by atoms with Crippen molar-refractivity contribution in [1.82, 2.24) is 4.90 Å². The minimum atomic E-state index is -0.144. The fourth-order valence-corrected chi connectivity index (χ4v) is 0.618. The van der Waals surface area contributed by atoms with Crippen molar-refractivity contribution in [3.8, 4) is 0 Å². The van der Waals surface area contributed by atoms with E-state index in [2.05, 4.69) is 11.8 Å². The van der Waals surface area contributed by atoms with Crippen molar-refractivity contribution in [2.75, 3.05) is 20.1 Å². The van der Waals surface area contributed by atoms with Crippen molar-refractivity contribution in [2.24, 2.45) is 0 Å². The Morgan fingerprint density at radius 1 is 1.27 bits per heavy atom. The topological polar surface area (TPSA) is 23.5 Å². The molecule has 0 aromatic rings. The Balaban J connectivity index is 0. The molecule has 0 amide bonds. The zero-order chi connectivity index (χ0) is 9.28. The van der Waals surface area contributed by atoms with Crippen LogP contribution in [0.2, 0.25) is 0 Å². The molecular formula is C9H23NO. The van der Waals surface area contributed by atoms with Crippen LogP contribution in [0.5, 0.6) is 0 Å². The molecule has 0 saturated heterocycles. The zero-order valence-electron chi connectivity index (χ0n) is 8.59. The third-order valence-electron chi connectivity index (χ3n) is 1.53. The van der Waals surface area contributed by atoms with E-state index in [-0.39, 0.29) is 6.10 Å². The Morgan fingerprint density at radius 2 is 1.73 bits per heavy atom. The molecule has 0 saturated carbocycles. The van der Waals surface area contributed by atoms with Gasteiger partial charge in [0.05, 0.1) is 6.10 Å². The summed E-state index contributed by atoms with van der Waals surface area (Å²) in [5.74, 6) is 0. The van der Waals surface area contributed by atoms with Gasteiger partial charge in [0.15, 0.2) is 0 Å². The molecule has 0 radical (unpaired) electrons. The smallest absolute Gasteiger partial charge is 0.0664 e. The Kier molecular flexibility index (Phi) is 12.2. The van der Waals surface area contributed by atoms with Gasteiger partial charge in [-0.15, -0.1) is 0 Å². The Hall–Kier alpha value is -0.0800. The zero-order valence-corrected chi connectivity index (χ0v) is 8.59. The largest absolute Gasteiger partial charge is 0.392 e. The van der Waals surface area contributed by atoms with E-state index < -0.39 is 0 Å². The minimum absolute atomic E-state index is 0.144. The predicted octanol–water partition coefficient (Wildman–Crippen LogP) is 1.74. The quantitative estimate of drug-likeness (QED) is 0.679. The van der Waals surface area contributed by atoms with E-state index in [1.807, 2.05) is 27.8 Å². The fourth-order valence-electron chi connectivity index (χ4n) is 0.618. The van der Waals surface area contributed by atoms with Gasteiger partial charge >= 0.3 is 0 Å². The van der Waals surface area contributed by atoms with Gasteiger partial charge in [-0.25, -0.2) is 0 Å². The summed E-state index contributed by atoms with van der Waals surface area (Å²) in [6, 6.07) is 0. The van der Waals surface area contributed by atoms with Crippen LogP contribution in [0.3, 0.4) is 0 Å². The molecule has 11 heavy (non-hydrogen) atoms. The molecule has 0 heterocycles. The maximum Gasteiger partial charge on any atom is 0.0664 e. The first kappa shape index (κ1) is 13.5. The lowest BCUT2D eigenvalue weighted by Gasteiger charge is -2.16. The highest BCUT2D eigenvalue weighted by Crippen LogP contribution is 1.91. The minimum Gasteiger partial charge on any atom is -0.392 e. The molecule has 0 aliphatic heterocycles. The van der Waals surface area contributed by atoms with Gasteiger partial charge in [0.2, 0.25) is 0 Å². The molecular weight excluding hydrogens is 138 g/mol. The molecule has 0 aromatic heterocycles. The first-order valence-electron chi connectivity index (χ1n) is 4.57. The van der Waals surface area contributed by atoms with Crippen LogP contribution in [-0.2, 0) is 0 Å². The highest BCUT2D eigenvalue weighted by atomic mass is 16.3. The molecule has 2 heteroatoms. The summed E-state index contributed by atoms with van der Waals surface area (Å²) in [7, 11) is 2.01. The molecule has 70 valence electrons. The van der Waals surface area contributed by atoms with Gasteiger partial charge < -0.3 is 10.0 Å².